The lowest BCUT2D eigenvalue weighted by molar-refractivity contribution is 0.0230. The van der Waals surface area contributed by atoms with Gasteiger partial charge in [0.25, 0.3) is 0 Å². The van der Waals surface area contributed by atoms with Crippen molar-refractivity contribution in [1.29, 1.82) is 0 Å². The number of benzene rings is 2. The minimum atomic E-state index is -0.657. The maximum atomic E-state index is 6.53. The number of methoxy groups -OCH3 is 1. The van der Waals surface area contributed by atoms with Crippen LogP contribution in [0.15, 0.2) is 84.5 Å². The summed E-state index contributed by atoms with van der Waals surface area (Å²) in [5, 5.41) is 0.771. The first-order valence-corrected chi connectivity index (χ1v) is 9.55. The van der Waals surface area contributed by atoms with Crippen molar-refractivity contribution in [3.63, 3.8) is 0 Å². The van der Waals surface area contributed by atoms with E-state index in [1.54, 1.807) is 7.11 Å². The van der Waals surface area contributed by atoms with Crippen LogP contribution in [0, 0.1) is 0 Å². The predicted octanol–water partition coefficient (Wildman–Crippen LogP) is 5.49. The van der Waals surface area contributed by atoms with E-state index in [4.69, 9.17) is 9.47 Å². The summed E-state index contributed by atoms with van der Waals surface area (Å²) in [5.41, 5.74) is 2.65. The molecule has 2 aromatic carbocycles. The Morgan fingerprint density at radius 2 is 1.56 bits per heavy atom. The van der Waals surface area contributed by atoms with E-state index in [1.165, 1.54) is 0 Å². The molecule has 0 aliphatic rings. The first-order valence-electron chi connectivity index (χ1n) is 8.42. The SMILES string of the molecule is C/C=C(\C=C/COC)C(OCCBr)(c1ccccc1)c1ccccc1. The van der Waals surface area contributed by atoms with Crippen LogP contribution < -0.4 is 0 Å². The van der Waals surface area contributed by atoms with E-state index in [1.807, 2.05) is 25.1 Å². The van der Waals surface area contributed by atoms with Gasteiger partial charge < -0.3 is 9.47 Å². The third kappa shape index (κ3) is 4.69. The Kier molecular flexibility index (Phi) is 8.13. The zero-order valence-electron chi connectivity index (χ0n) is 14.8. The number of halogens is 1. The number of allylic oxidation sites excluding steroid dienone is 1. The molecule has 0 unspecified atom stereocenters. The van der Waals surface area contributed by atoms with Crippen molar-refractivity contribution in [2.24, 2.45) is 0 Å². The number of ether oxygens (including phenoxy) is 2. The Balaban J connectivity index is 2.66. The zero-order chi connectivity index (χ0) is 18.0. The van der Waals surface area contributed by atoms with Gasteiger partial charge in [0.15, 0.2) is 0 Å². The fraction of sp³-hybridized carbons (Fsp3) is 0.273. The van der Waals surface area contributed by atoms with Crippen LogP contribution in [0.1, 0.15) is 18.1 Å². The summed E-state index contributed by atoms with van der Waals surface area (Å²) in [6.45, 7) is 3.21. The van der Waals surface area contributed by atoms with E-state index in [0.29, 0.717) is 13.2 Å². The molecule has 0 aromatic heterocycles. The molecule has 25 heavy (non-hydrogen) atoms. The molecule has 0 saturated carbocycles. The molecule has 0 fully saturated rings. The molecule has 0 saturated heterocycles. The van der Waals surface area contributed by atoms with Crippen LogP contribution in [0.2, 0.25) is 0 Å². The minimum Gasteiger partial charge on any atom is -0.381 e. The maximum Gasteiger partial charge on any atom is 0.143 e. The molecular weight excluding hydrogens is 376 g/mol. The molecule has 0 bridgehead atoms. The topological polar surface area (TPSA) is 18.5 Å². The number of hydrogen-bond acceptors (Lipinski definition) is 2. The van der Waals surface area contributed by atoms with Gasteiger partial charge in [-0.25, -0.2) is 0 Å². The number of alkyl halides is 1. The molecule has 132 valence electrons. The van der Waals surface area contributed by atoms with Gasteiger partial charge in [-0.05, 0) is 23.6 Å². The van der Waals surface area contributed by atoms with Gasteiger partial charge in [-0.15, -0.1) is 0 Å². The Labute approximate surface area is 159 Å². The third-order valence-corrected chi connectivity index (χ3v) is 4.36. The van der Waals surface area contributed by atoms with E-state index in [0.717, 1.165) is 22.0 Å². The molecule has 0 radical (unpaired) electrons. The van der Waals surface area contributed by atoms with Crippen molar-refractivity contribution >= 4 is 15.9 Å². The highest BCUT2D eigenvalue weighted by Crippen LogP contribution is 2.41. The molecule has 0 aliphatic carbocycles. The van der Waals surface area contributed by atoms with Crippen molar-refractivity contribution in [3.05, 3.63) is 95.6 Å². The first kappa shape index (κ1) is 19.6. The van der Waals surface area contributed by atoms with E-state index < -0.39 is 5.60 Å². The van der Waals surface area contributed by atoms with Gasteiger partial charge in [-0.3, -0.25) is 0 Å². The summed E-state index contributed by atoms with van der Waals surface area (Å²) >= 11 is 3.50. The van der Waals surface area contributed by atoms with Gasteiger partial charge in [0, 0.05) is 12.4 Å². The molecule has 0 amide bonds. The minimum absolute atomic E-state index is 0.565. The summed E-state index contributed by atoms with van der Waals surface area (Å²) < 4.78 is 11.7. The molecule has 0 aliphatic heterocycles. The average Bonchev–Trinajstić information content (AvgIpc) is 2.68. The average molecular weight is 401 g/mol. The Hall–Kier alpha value is -1.68. The number of hydrogen-bond donors (Lipinski definition) is 0. The fourth-order valence-electron chi connectivity index (χ4n) is 2.98. The summed E-state index contributed by atoms with van der Waals surface area (Å²) in [6.07, 6.45) is 6.23. The van der Waals surface area contributed by atoms with Crippen molar-refractivity contribution < 1.29 is 9.47 Å². The van der Waals surface area contributed by atoms with Gasteiger partial charge in [-0.1, -0.05) is 94.8 Å². The van der Waals surface area contributed by atoms with Crippen LogP contribution in [0.4, 0.5) is 0 Å². The van der Waals surface area contributed by atoms with E-state index in [2.05, 4.69) is 76.6 Å². The van der Waals surface area contributed by atoms with E-state index >= 15 is 0 Å². The molecule has 0 spiro atoms. The lowest BCUT2D eigenvalue weighted by atomic mass is 9.79. The highest BCUT2D eigenvalue weighted by Gasteiger charge is 2.37. The van der Waals surface area contributed by atoms with Gasteiger partial charge >= 0.3 is 0 Å². The molecule has 2 nitrogen and oxygen atoms in total. The molecule has 0 N–H and O–H groups in total. The van der Waals surface area contributed by atoms with Crippen LogP contribution in [0.5, 0.6) is 0 Å². The van der Waals surface area contributed by atoms with Crippen LogP contribution in [-0.4, -0.2) is 25.7 Å². The summed E-state index contributed by atoms with van der Waals surface area (Å²) in [5.74, 6) is 0. The largest absolute Gasteiger partial charge is 0.381 e. The van der Waals surface area contributed by atoms with Crippen molar-refractivity contribution in [1.82, 2.24) is 0 Å². The van der Waals surface area contributed by atoms with Gasteiger partial charge in [0.1, 0.15) is 5.60 Å². The maximum absolute atomic E-state index is 6.53. The Morgan fingerprint density at radius 1 is 1.00 bits per heavy atom. The highest BCUT2D eigenvalue weighted by molar-refractivity contribution is 9.09. The zero-order valence-corrected chi connectivity index (χ0v) is 16.4. The predicted molar refractivity (Wildman–Crippen MR) is 108 cm³/mol. The molecule has 3 heteroatoms. The third-order valence-electron chi connectivity index (χ3n) is 4.03. The van der Waals surface area contributed by atoms with Gasteiger partial charge in [0.2, 0.25) is 0 Å². The second-order valence-corrected chi connectivity index (χ2v) is 6.35. The van der Waals surface area contributed by atoms with Gasteiger partial charge in [-0.2, -0.15) is 0 Å². The van der Waals surface area contributed by atoms with E-state index in [-0.39, 0.29) is 0 Å². The standard InChI is InChI=1S/C22H25BrO2/c1-3-19(15-10-17-24-2)22(25-18-16-23,20-11-6-4-7-12-20)21-13-8-5-9-14-21/h3-15H,16-18H2,1-2H3/b15-10-,19-3+. The fourth-order valence-corrected chi connectivity index (χ4v) is 3.14. The lowest BCUT2D eigenvalue weighted by Gasteiger charge is -2.36. The summed E-state index contributed by atoms with van der Waals surface area (Å²) in [6, 6.07) is 20.7. The van der Waals surface area contributed by atoms with Crippen LogP contribution in [0.3, 0.4) is 0 Å². The number of rotatable bonds is 9. The normalized spacial score (nSPS) is 12.7. The quantitative estimate of drug-likeness (QED) is 0.409. The second-order valence-electron chi connectivity index (χ2n) is 5.55. The molecule has 0 atom stereocenters. The monoisotopic (exact) mass is 400 g/mol. The summed E-state index contributed by atoms with van der Waals surface area (Å²) in [4.78, 5) is 0. The van der Waals surface area contributed by atoms with Crippen molar-refractivity contribution in [2.75, 3.05) is 25.7 Å². The van der Waals surface area contributed by atoms with Crippen molar-refractivity contribution in [3.8, 4) is 0 Å². The lowest BCUT2D eigenvalue weighted by Crippen LogP contribution is -2.34. The summed E-state index contributed by atoms with van der Waals surface area (Å²) in [7, 11) is 1.70. The first-order chi connectivity index (χ1) is 12.3. The van der Waals surface area contributed by atoms with Crippen LogP contribution in [0.25, 0.3) is 0 Å². The molecule has 2 aromatic rings. The van der Waals surface area contributed by atoms with Crippen LogP contribution in [-0.2, 0) is 15.1 Å². The van der Waals surface area contributed by atoms with E-state index in [9.17, 15) is 0 Å². The smallest absolute Gasteiger partial charge is 0.143 e. The Bertz CT molecular complexity index is 638. The Morgan fingerprint density at radius 3 is 2.00 bits per heavy atom. The molecule has 2 rings (SSSR count). The molecule has 0 heterocycles. The molecular formula is C22H25BrO2. The van der Waals surface area contributed by atoms with Gasteiger partial charge in [0.05, 0.1) is 13.2 Å². The van der Waals surface area contributed by atoms with Crippen molar-refractivity contribution in [2.45, 2.75) is 12.5 Å². The second kappa shape index (κ2) is 10.3. The highest BCUT2D eigenvalue weighted by atomic mass is 79.9. The van der Waals surface area contributed by atoms with Crippen LogP contribution >= 0.6 is 15.9 Å².